The van der Waals surface area contributed by atoms with Crippen molar-refractivity contribution >= 4 is 0 Å². The van der Waals surface area contributed by atoms with Crippen molar-refractivity contribution in [2.75, 3.05) is 13.1 Å². The summed E-state index contributed by atoms with van der Waals surface area (Å²) in [6.07, 6.45) is 4.59. The minimum absolute atomic E-state index is 0.909. The average Bonchev–Trinajstić information content (AvgIpc) is 2.22. The zero-order valence-corrected chi connectivity index (χ0v) is 9.74. The molecule has 0 bridgehead atoms. The van der Waals surface area contributed by atoms with Gasteiger partial charge in [0.05, 0.1) is 5.69 Å². The largest absolute Gasteiger partial charge is 0.297 e. The number of aryl methyl sites for hydroxylation is 1. The Kier molecular flexibility index (Phi) is 3.37. The number of nitrogens with zero attached hydrogens (tertiary/aromatic N) is 2. The van der Waals surface area contributed by atoms with E-state index < -0.39 is 0 Å². The summed E-state index contributed by atoms with van der Waals surface area (Å²) in [5, 5.41) is 0. The highest BCUT2D eigenvalue weighted by Gasteiger charge is 2.15. The fourth-order valence-electron chi connectivity index (χ4n) is 2.13. The third-order valence-electron chi connectivity index (χ3n) is 3.23. The van der Waals surface area contributed by atoms with Gasteiger partial charge in [-0.15, -0.1) is 0 Å². The topological polar surface area (TPSA) is 16.1 Å². The Morgan fingerprint density at radius 3 is 2.80 bits per heavy atom. The lowest BCUT2D eigenvalue weighted by atomic mass is 9.99. The molecular formula is C13H20N2. The molecule has 2 rings (SSSR count). The molecule has 0 aromatic carbocycles. The molecule has 2 heteroatoms. The maximum Gasteiger partial charge on any atom is 0.0546 e. The number of hydrogen-bond donors (Lipinski definition) is 0. The van der Waals surface area contributed by atoms with E-state index in [0.717, 1.165) is 12.5 Å². The fraction of sp³-hybridized carbons (Fsp3) is 0.615. The highest BCUT2D eigenvalue weighted by molar-refractivity contribution is 5.14. The van der Waals surface area contributed by atoms with E-state index in [-0.39, 0.29) is 0 Å². The smallest absolute Gasteiger partial charge is 0.0546 e. The van der Waals surface area contributed by atoms with E-state index >= 15 is 0 Å². The minimum atomic E-state index is 0.909. The lowest BCUT2D eigenvalue weighted by Crippen LogP contribution is -2.32. The molecule has 82 valence electrons. The number of likely N-dealkylation sites (tertiary alicyclic amines) is 1. The van der Waals surface area contributed by atoms with Gasteiger partial charge in [-0.05, 0) is 56.5 Å². The second-order valence-corrected chi connectivity index (χ2v) is 4.78. The van der Waals surface area contributed by atoms with Gasteiger partial charge in [-0.25, -0.2) is 0 Å². The number of hydrogen-bond acceptors (Lipinski definition) is 2. The van der Waals surface area contributed by atoms with Crippen LogP contribution in [-0.2, 0) is 6.54 Å². The van der Waals surface area contributed by atoms with Crippen molar-refractivity contribution in [2.24, 2.45) is 5.92 Å². The van der Waals surface area contributed by atoms with Crippen LogP contribution in [0.5, 0.6) is 0 Å². The molecule has 2 heterocycles. The summed E-state index contributed by atoms with van der Waals surface area (Å²) in [4.78, 5) is 6.93. The van der Waals surface area contributed by atoms with Crippen molar-refractivity contribution in [3.8, 4) is 0 Å². The van der Waals surface area contributed by atoms with E-state index in [9.17, 15) is 0 Å². The summed E-state index contributed by atoms with van der Waals surface area (Å²) < 4.78 is 0. The predicted molar refractivity (Wildman–Crippen MR) is 62.6 cm³/mol. The van der Waals surface area contributed by atoms with Gasteiger partial charge in [0, 0.05) is 12.7 Å². The molecule has 0 aliphatic carbocycles. The molecule has 0 amide bonds. The van der Waals surface area contributed by atoms with E-state index in [1.807, 2.05) is 6.20 Å². The maximum absolute atomic E-state index is 4.41. The average molecular weight is 204 g/mol. The van der Waals surface area contributed by atoms with Gasteiger partial charge in [0.2, 0.25) is 0 Å². The van der Waals surface area contributed by atoms with Gasteiger partial charge < -0.3 is 0 Å². The second kappa shape index (κ2) is 4.75. The van der Waals surface area contributed by atoms with Crippen molar-refractivity contribution in [3.63, 3.8) is 0 Å². The number of rotatable bonds is 2. The first kappa shape index (κ1) is 10.6. The molecule has 0 saturated carbocycles. The molecule has 1 aromatic rings. The van der Waals surface area contributed by atoms with Gasteiger partial charge in [0.25, 0.3) is 0 Å². The van der Waals surface area contributed by atoms with Crippen molar-refractivity contribution in [2.45, 2.75) is 33.2 Å². The summed E-state index contributed by atoms with van der Waals surface area (Å²) in [6, 6.07) is 4.25. The minimum Gasteiger partial charge on any atom is -0.297 e. The van der Waals surface area contributed by atoms with Crippen molar-refractivity contribution in [1.29, 1.82) is 0 Å². The Hall–Kier alpha value is -0.890. The van der Waals surface area contributed by atoms with Crippen molar-refractivity contribution in [3.05, 3.63) is 29.6 Å². The number of piperidine rings is 1. The highest BCUT2D eigenvalue weighted by Crippen LogP contribution is 2.17. The second-order valence-electron chi connectivity index (χ2n) is 4.78. The van der Waals surface area contributed by atoms with Crippen LogP contribution in [0.25, 0.3) is 0 Å². The number of aromatic nitrogens is 1. The molecule has 0 radical (unpaired) electrons. The van der Waals surface area contributed by atoms with Crippen LogP contribution >= 0.6 is 0 Å². The summed E-state index contributed by atoms with van der Waals surface area (Å²) in [5.74, 6) is 0.909. The van der Waals surface area contributed by atoms with Crippen molar-refractivity contribution < 1.29 is 0 Å². The molecule has 0 atom stereocenters. The molecule has 2 nitrogen and oxygen atoms in total. The van der Waals surface area contributed by atoms with Crippen LogP contribution in [0.2, 0.25) is 0 Å². The molecule has 0 N–H and O–H groups in total. The van der Waals surface area contributed by atoms with Crippen LogP contribution < -0.4 is 0 Å². The molecule has 15 heavy (non-hydrogen) atoms. The van der Waals surface area contributed by atoms with Gasteiger partial charge >= 0.3 is 0 Å². The Balaban J connectivity index is 1.92. The van der Waals surface area contributed by atoms with Crippen LogP contribution in [0.4, 0.5) is 0 Å². The maximum atomic E-state index is 4.41. The zero-order chi connectivity index (χ0) is 10.7. The van der Waals surface area contributed by atoms with E-state index in [0.29, 0.717) is 0 Å². The Labute approximate surface area is 92.3 Å². The van der Waals surface area contributed by atoms with Crippen LogP contribution in [0.15, 0.2) is 18.3 Å². The van der Waals surface area contributed by atoms with Gasteiger partial charge in [-0.1, -0.05) is 6.92 Å². The zero-order valence-electron chi connectivity index (χ0n) is 9.74. The monoisotopic (exact) mass is 204 g/mol. The third kappa shape index (κ3) is 3.03. The van der Waals surface area contributed by atoms with Crippen molar-refractivity contribution in [1.82, 2.24) is 9.88 Å². The fourth-order valence-corrected chi connectivity index (χ4v) is 2.13. The normalized spacial score (nSPS) is 19.3. The summed E-state index contributed by atoms with van der Waals surface area (Å²) in [5.41, 5.74) is 2.52. The quantitative estimate of drug-likeness (QED) is 0.736. The Morgan fingerprint density at radius 2 is 2.13 bits per heavy atom. The molecular weight excluding hydrogens is 184 g/mol. The molecule has 1 aliphatic heterocycles. The van der Waals surface area contributed by atoms with Crippen LogP contribution in [0.1, 0.15) is 31.0 Å². The molecule has 1 aromatic heterocycles. The lowest BCUT2D eigenvalue weighted by molar-refractivity contribution is 0.183. The Bertz CT molecular complexity index is 314. The molecule has 0 spiro atoms. The summed E-state index contributed by atoms with van der Waals surface area (Å²) in [6.45, 7) is 7.97. The highest BCUT2D eigenvalue weighted by atomic mass is 15.1. The summed E-state index contributed by atoms with van der Waals surface area (Å²) in [7, 11) is 0. The van der Waals surface area contributed by atoms with E-state index in [2.05, 4.69) is 35.9 Å². The first-order valence-corrected chi connectivity index (χ1v) is 5.88. The van der Waals surface area contributed by atoms with Gasteiger partial charge in [0.1, 0.15) is 0 Å². The third-order valence-corrected chi connectivity index (χ3v) is 3.23. The molecule has 0 unspecified atom stereocenters. The van der Waals surface area contributed by atoms with Crippen LogP contribution in [-0.4, -0.2) is 23.0 Å². The first-order valence-electron chi connectivity index (χ1n) is 5.88. The first-order chi connectivity index (χ1) is 7.24. The number of pyridine rings is 1. The molecule has 1 fully saturated rings. The Morgan fingerprint density at radius 1 is 1.40 bits per heavy atom. The van der Waals surface area contributed by atoms with Gasteiger partial charge in [-0.2, -0.15) is 0 Å². The molecule has 1 saturated heterocycles. The standard InChI is InChI=1S/C13H20N2/c1-11-4-7-15(8-5-11)10-13-9-12(2)3-6-14-13/h3,6,9,11H,4-5,7-8,10H2,1-2H3. The lowest BCUT2D eigenvalue weighted by Gasteiger charge is -2.29. The van der Waals surface area contributed by atoms with E-state index in [1.54, 1.807) is 0 Å². The van der Waals surface area contributed by atoms with Gasteiger partial charge in [-0.3, -0.25) is 9.88 Å². The van der Waals surface area contributed by atoms with E-state index in [1.165, 1.54) is 37.2 Å². The van der Waals surface area contributed by atoms with Crippen LogP contribution in [0.3, 0.4) is 0 Å². The summed E-state index contributed by atoms with van der Waals surface area (Å²) >= 11 is 0. The van der Waals surface area contributed by atoms with E-state index in [4.69, 9.17) is 0 Å². The van der Waals surface area contributed by atoms with Crippen LogP contribution in [0, 0.1) is 12.8 Å². The SMILES string of the molecule is Cc1ccnc(CN2CCC(C)CC2)c1. The van der Waals surface area contributed by atoms with Gasteiger partial charge in [0.15, 0.2) is 0 Å². The molecule has 1 aliphatic rings. The predicted octanol–water partition coefficient (Wildman–Crippen LogP) is 2.62.